The lowest BCUT2D eigenvalue weighted by Gasteiger charge is -2.02. The van der Waals surface area contributed by atoms with E-state index in [4.69, 9.17) is 0 Å². The van der Waals surface area contributed by atoms with Crippen molar-refractivity contribution in [3.63, 3.8) is 0 Å². The molecule has 4 nitrogen and oxygen atoms in total. The molecule has 2 aromatic rings. The van der Waals surface area contributed by atoms with E-state index in [1.54, 1.807) is 0 Å². The highest BCUT2D eigenvalue weighted by Crippen LogP contribution is 2.39. The second-order valence-corrected chi connectivity index (χ2v) is 6.52. The number of carbonyl (C=O) groups excluding carboxylic acids is 1. The van der Waals surface area contributed by atoms with Crippen molar-refractivity contribution in [3.05, 3.63) is 29.3 Å². The Balaban J connectivity index is 1.78. The van der Waals surface area contributed by atoms with Crippen LogP contribution in [0.15, 0.2) is 18.2 Å². The number of benzene rings is 1. The molecule has 1 aromatic carbocycles. The van der Waals surface area contributed by atoms with Gasteiger partial charge in [0.15, 0.2) is 0 Å². The summed E-state index contributed by atoms with van der Waals surface area (Å²) in [4.78, 5) is 11.9. The van der Waals surface area contributed by atoms with Gasteiger partial charge in [0.25, 0.3) is 0 Å². The minimum Gasteiger partial charge on any atom is -0.300 e. The van der Waals surface area contributed by atoms with Crippen LogP contribution in [-0.2, 0) is 4.79 Å². The van der Waals surface area contributed by atoms with E-state index < -0.39 is 0 Å². The molecule has 1 N–H and O–H groups in total. The summed E-state index contributed by atoms with van der Waals surface area (Å²) in [6.07, 6.45) is 0.981. The fraction of sp³-hybridized carbons (Fsp3) is 0.400. The number of hydrogen-bond acceptors (Lipinski definition) is 4. The van der Waals surface area contributed by atoms with E-state index in [2.05, 4.69) is 54.5 Å². The van der Waals surface area contributed by atoms with Gasteiger partial charge in [-0.15, -0.1) is 10.2 Å². The molecule has 0 aliphatic heterocycles. The first-order valence-electron chi connectivity index (χ1n) is 6.76. The molecule has 20 heavy (non-hydrogen) atoms. The van der Waals surface area contributed by atoms with Crippen molar-refractivity contribution in [2.45, 2.75) is 27.2 Å². The third-order valence-electron chi connectivity index (χ3n) is 3.71. The number of aryl methyl sites for hydroxylation is 2. The third kappa shape index (κ3) is 2.58. The molecular weight excluding hydrogens is 270 g/mol. The summed E-state index contributed by atoms with van der Waals surface area (Å²) in [5.74, 6) is 0.728. The first kappa shape index (κ1) is 13.2. The zero-order valence-corrected chi connectivity index (χ0v) is 12.6. The zero-order chi connectivity index (χ0) is 14.3. The summed E-state index contributed by atoms with van der Waals surface area (Å²) >= 11 is 1.43. The van der Waals surface area contributed by atoms with E-state index in [9.17, 15) is 4.79 Å². The summed E-state index contributed by atoms with van der Waals surface area (Å²) in [5, 5.41) is 12.5. The molecule has 0 spiro atoms. The van der Waals surface area contributed by atoms with Gasteiger partial charge in [-0.25, -0.2) is 0 Å². The Morgan fingerprint density at radius 1 is 1.35 bits per heavy atom. The molecule has 0 bridgehead atoms. The number of carbonyl (C=O) groups is 1. The maximum absolute atomic E-state index is 11.9. The summed E-state index contributed by atoms with van der Waals surface area (Å²) in [5.41, 5.74) is 3.48. The van der Waals surface area contributed by atoms with Crippen LogP contribution >= 0.6 is 11.3 Å². The zero-order valence-electron chi connectivity index (χ0n) is 11.8. The fourth-order valence-electron chi connectivity index (χ4n) is 2.32. The molecule has 0 saturated heterocycles. The highest BCUT2D eigenvalue weighted by Gasteiger charge is 2.39. The average molecular weight is 287 g/mol. The van der Waals surface area contributed by atoms with Crippen molar-refractivity contribution in [3.8, 4) is 10.6 Å². The second kappa shape index (κ2) is 4.98. The van der Waals surface area contributed by atoms with Gasteiger partial charge in [0.2, 0.25) is 11.0 Å². The van der Waals surface area contributed by atoms with Crippen molar-refractivity contribution in [2.75, 3.05) is 5.32 Å². The Labute approximate surface area is 122 Å². The van der Waals surface area contributed by atoms with E-state index in [0.29, 0.717) is 11.0 Å². The van der Waals surface area contributed by atoms with Gasteiger partial charge in [-0.05, 0) is 31.7 Å². The molecule has 0 radical (unpaired) electrons. The molecule has 1 fully saturated rings. The number of nitrogens with one attached hydrogen (secondary N) is 1. The number of rotatable bonds is 3. The Hall–Kier alpha value is -1.75. The molecule has 1 aliphatic rings. The van der Waals surface area contributed by atoms with Crippen molar-refractivity contribution in [2.24, 2.45) is 11.8 Å². The average Bonchev–Trinajstić information content (AvgIpc) is 2.95. The van der Waals surface area contributed by atoms with Crippen LogP contribution in [0.1, 0.15) is 24.5 Å². The summed E-state index contributed by atoms with van der Waals surface area (Å²) in [7, 11) is 0. The first-order chi connectivity index (χ1) is 9.54. The van der Waals surface area contributed by atoms with E-state index in [1.165, 1.54) is 22.5 Å². The summed E-state index contributed by atoms with van der Waals surface area (Å²) < 4.78 is 0. The molecule has 3 rings (SSSR count). The molecular formula is C15H17N3OS. The predicted molar refractivity (Wildman–Crippen MR) is 80.7 cm³/mol. The van der Waals surface area contributed by atoms with Gasteiger partial charge in [-0.3, -0.25) is 4.79 Å². The first-order valence-corrected chi connectivity index (χ1v) is 7.58. The molecule has 104 valence electrons. The summed E-state index contributed by atoms with van der Waals surface area (Å²) in [6.45, 7) is 6.22. The Morgan fingerprint density at radius 3 is 2.75 bits per heavy atom. The van der Waals surface area contributed by atoms with Crippen LogP contribution in [0.4, 0.5) is 5.13 Å². The Kier molecular flexibility index (Phi) is 3.30. The molecule has 0 unspecified atom stereocenters. The topological polar surface area (TPSA) is 54.9 Å². The standard InChI is InChI=1S/C15H17N3OS/c1-8-4-5-11(9(2)6-8)14-17-18-15(20-14)16-13(19)12-7-10(12)3/h4-6,10,12H,7H2,1-3H3,(H,16,18,19)/t10-,12-/m1/s1. The van der Waals surface area contributed by atoms with Crippen LogP contribution in [0.3, 0.4) is 0 Å². The van der Waals surface area contributed by atoms with Crippen molar-refractivity contribution in [1.82, 2.24) is 10.2 Å². The molecule has 1 aromatic heterocycles. The number of anilines is 1. The lowest BCUT2D eigenvalue weighted by molar-refractivity contribution is -0.117. The third-order valence-corrected chi connectivity index (χ3v) is 4.59. The van der Waals surface area contributed by atoms with Crippen molar-refractivity contribution < 1.29 is 4.79 Å². The van der Waals surface area contributed by atoms with Gasteiger partial charge in [-0.2, -0.15) is 0 Å². The Morgan fingerprint density at radius 2 is 2.10 bits per heavy atom. The number of amides is 1. The number of nitrogens with zero attached hydrogens (tertiary/aromatic N) is 2. The van der Waals surface area contributed by atoms with Gasteiger partial charge in [0.05, 0.1) is 0 Å². The maximum Gasteiger partial charge on any atom is 0.229 e. The van der Waals surface area contributed by atoms with Crippen LogP contribution in [-0.4, -0.2) is 16.1 Å². The van der Waals surface area contributed by atoms with Crippen LogP contribution < -0.4 is 5.32 Å². The minimum atomic E-state index is 0.0702. The molecule has 2 atom stereocenters. The van der Waals surface area contributed by atoms with Crippen LogP contribution in [0, 0.1) is 25.7 Å². The van der Waals surface area contributed by atoms with Gasteiger partial charge in [-0.1, -0.05) is 42.0 Å². The second-order valence-electron chi connectivity index (χ2n) is 5.54. The van der Waals surface area contributed by atoms with Gasteiger partial charge >= 0.3 is 0 Å². The molecule has 1 heterocycles. The van der Waals surface area contributed by atoms with E-state index in [1.807, 2.05) is 0 Å². The highest BCUT2D eigenvalue weighted by atomic mass is 32.1. The number of hydrogen-bond donors (Lipinski definition) is 1. The van der Waals surface area contributed by atoms with Crippen LogP contribution in [0.5, 0.6) is 0 Å². The Bertz CT molecular complexity index is 665. The van der Waals surface area contributed by atoms with E-state index in [0.717, 1.165) is 17.0 Å². The fourth-order valence-corrected chi connectivity index (χ4v) is 3.16. The normalized spacial score (nSPS) is 20.8. The molecule has 1 saturated carbocycles. The highest BCUT2D eigenvalue weighted by molar-refractivity contribution is 7.18. The molecule has 1 aliphatic carbocycles. The summed E-state index contributed by atoms with van der Waals surface area (Å²) in [6, 6.07) is 6.24. The monoisotopic (exact) mass is 287 g/mol. The maximum atomic E-state index is 11.9. The SMILES string of the molecule is Cc1ccc(-c2nnc(NC(=O)[C@@H]3C[C@H]3C)s2)c(C)c1. The predicted octanol–water partition coefficient (Wildman–Crippen LogP) is 3.42. The lowest BCUT2D eigenvalue weighted by Crippen LogP contribution is -2.14. The van der Waals surface area contributed by atoms with Gasteiger partial charge < -0.3 is 5.32 Å². The van der Waals surface area contributed by atoms with Crippen LogP contribution in [0.2, 0.25) is 0 Å². The van der Waals surface area contributed by atoms with Crippen molar-refractivity contribution >= 4 is 22.4 Å². The van der Waals surface area contributed by atoms with Crippen LogP contribution in [0.25, 0.3) is 10.6 Å². The van der Waals surface area contributed by atoms with Crippen molar-refractivity contribution in [1.29, 1.82) is 0 Å². The largest absolute Gasteiger partial charge is 0.300 e. The number of aromatic nitrogens is 2. The van der Waals surface area contributed by atoms with Gasteiger partial charge in [0.1, 0.15) is 5.01 Å². The van der Waals surface area contributed by atoms with E-state index >= 15 is 0 Å². The smallest absolute Gasteiger partial charge is 0.229 e. The molecule has 1 amide bonds. The van der Waals surface area contributed by atoms with E-state index in [-0.39, 0.29) is 11.8 Å². The minimum absolute atomic E-state index is 0.0702. The lowest BCUT2D eigenvalue weighted by atomic mass is 10.1. The quantitative estimate of drug-likeness (QED) is 0.941. The van der Waals surface area contributed by atoms with Gasteiger partial charge in [0, 0.05) is 11.5 Å². The molecule has 5 heteroatoms.